The molecule has 26 heavy (non-hydrogen) atoms. The molecule has 0 aliphatic rings. The highest BCUT2D eigenvalue weighted by Crippen LogP contribution is 2.41. The van der Waals surface area contributed by atoms with Gasteiger partial charge in [-0.2, -0.15) is 9.61 Å². The summed E-state index contributed by atoms with van der Waals surface area (Å²) >= 11 is 1.46. The van der Waals surface area contributed by atoms with Gasteiger partial charge in [0.1, 0.15) is 5.01 Å². The van der Waals surface area contributed by atoms with E-state index in [4.69, 9.17) is 14.2 Å². The third kappa shape index (κ3) is 2.62. The lowest BCUT2D eigenvalue weighted by Gasteiger charge is -2.13. The average Bonchev–Trinajstić information content (AvgIpc) is 3.28. The van der Waals surface area contributed by atoms with Crippen molar-refractivity contribution in [2.24, 2.45) is 0 Å². The van der Waals surface area contributed by atoms with E-state index >= 15 is 0 Å². The molecule has 4 aromatic rings. The summed E-state index contributed by atoms with van der Waals surface area (Å²) in [6, 6.07) is 7.46. The average molecular weight is 369 g/mol. The Bertz CT molecular complexity index is 1040. The van der Waals surface area contributed by atoms with Crippen LogP contribution in [-0.4, -0.2) is 46.1 Å². The second kappa shape index (κ2) is 6.60. The molecule has 0 saturated heterocycles. The van der Waals surface area contributed by atoms with Crippen LogP contribution in [0.2, 0.25) is 0 Å². The number of aromatic nitrogens is 5. The van der Waals surface area contributed by atoms with E-state index in [1.54, 1.807) is 38.2 Å². The molecule has 0 saturated carbocycles. The summed E-state index contributed by atoms with van der Waals surface area (Å²) in [4.78, 5) is 4.73. The van der Waals surface area contributed by atoms with Crippen molar-refractivity contribution in [2.45, 2.75) is 0 Å². The Morgan fingerprint density at radius 3 is 2.19 bits per heavy atom. The fraction of sp³-hybridized carbons (Fsp3) is 0.176. The number of benzene rings is 1. The minimum Gasteiger partial charge on any atom is -0.493 e. The first-order valence-corrected chi connectivity index (χ1v) is 8.50. The van der Waals surface area contributed by atoms with Gasteiger partial charge in [0.05, 0.1) is 21.3 Å². The first kappa shape index (κ1) is 16.3. The first-order valence-electron chi connectivity index (χ1n) is 7.68. The molecule has 0 amide bonds. The number of methoxy groups -OCH3 is 3. The summed E-state index contributed by atoms with van der Waals surface area (Å²) in [5, 5.41) is 14.0. The van der Waals surface area contributed by atoms with E-state index in [0.29, 0.717) is 28.0 Å². The Hall–Kier alpha value is -3.20. The maximum Gasteiger partial charge on any atom is 0.235 e. The lowest BCUT2D eigenvalue weighted by molar-refractivity contribution is 0.324. The Kier molecular flexibility index (Phi) is 4.13. The number of pyridine rings is 1. The predicted octanol–water partition coefficient (Wildman–Crippen LogP) is 2.94. The lowest BCUT2D eigenvalue weighted by atomic mass is 10.1. The van der Waals surface area contributed by atoms with E-state index < -0.39 is 0 Å². The molecule has 0 fully saturated rings. The van der Waals surface area contributed by atoms with Crippen LogP contribution in [-0.2, 0) is 0 Å². The molecule has 1 aromatic carbocycles. The quantitative estimate of drug-likeness (QED) is 0.535. The van der Waals surface area contributed by atoms with Crippen LogP contribution < -0.4 is 14.2 Å². The van der Waals surface area contributed by atoms with Gasteiger partial charge in [-0.15, -0.1) is 10.2 Å². The number of ether oxygens (including phenoxy) is 3. The van der Waals surface area contributed by atoms with Gasteiger partial charge < -0.3 is 14.2 Å². The van der Waals surface area contributed by atoms with E-state index in [0.717, 1.165) is 16.1 Å². The van der Waals surface area contributed by atoms with Crippen molar-refractivity contribution >= 4 is 16.3 Å². The van der Waals surface area contributed by atoms with E-state index in [2.05, 4.69) is 20.3 Å². The van der Waals surface area contributed by atoms with Crippen LogP contribution in [0.1, 0.15) is 0 Å². The molecule has 3 heterocycles. The molecule has 0 bridgehead atoms. The van der Waals surface area contributed by atoms with E-state index in [1.165, 1.54) is 11.3 Å². The molecule has 0 aliphatic carbocycles. The molecule has 0 N–H and O–H groups in total. The van der Waals surface area contributed by atoms with Gasteiger partial charge >= 0.3 is 0 Å². The van der Waals surface area contributed by atoms with E-state index in [-0.39, 0.29) is 0 Å². The topological polar surface area (TPSA) is 83.7 Å². The third-order valence-corrected chi connectivity index (χ3v) is 4.79. The van der Waals surface area contributed by atoms with Gasteiger partial charge in [0, 0.05) is 23.5 Å². The molecule has 0 spiro atoms. The molecule has 3 aromatic heterocycles. The smallest absolute Gasteiger partial charge is 0.235 e. The van der Waals surface area contributed by atoms with Gasteiger partial charge in [-0.05, 0) is 24.3 Å². The SMILES string of the molecule is COc1cc(-c2nnc3sc(-c4ccncc4)nn23)cc(OC)c1OC. The van der Waals surface area contributed by atoms with Crippen LogP contribution in [0.5, 0.6) is 17.2 Å². The zero-order valence-electron chi connectivity index (χ0n) is 14.3. The van der Waals surface area contributed by atoms with Gasteiger partial charge in [-0.25, -0.2) is 0 Å². The Morgan fingerprint density at radius 2 is 1.58 bits per heavy atom. The van der Waals surface area contributed by atoms with Crippen LogP contribution in [0.25, 0.3) is 26.9 Å². The molecule has 8 nitrogen and oxygen atoms in total. The summed E-state index contributed by atoms with van der Waals surface area (Å²) in [6.07, 6.45) is 3.47. The number of nitrogens with zero attached hydrogens (tertiary/aromatic N) is 5. The van der Waals surface area contributed by atoms with Crippen LogP contribution in [0.15, 0.2) is 36.7 Å². The summed E-state index contributed by atoms with van der Waals surface area (Å²) in [5.74, 6) is 2.21. The third-order valence-electron chi connectivity index (χ3n) is 3.84. The summed E-state index contributed by atoms with van der Waals surface area (Å²) in [6.45, 7) is 0. The van der Waals surface area contributed by atoms with E-state index in [1.807, 2.05) is 24.3 Å². The Labute approximate surface area is 153 Å². The fourth-order valence-electron chi connectivity index (χ4n) is 2.62. The number of hydrogen-bond acceptors (Lipinski definition) is 8. The predicted molar refractivity (Wildman–Crippen MR) is 97.0 cm³/mol. The van der Waals surface area contributed by atoms with Crippen LogP contribution >= 0.6 is 11.3 Å². The van der Waals surface area contributed by atoms with Crippen molar-refractivity contribution in [1.82, 2.24) is 24.8 Å². The van der Waals surface area contributed by atoms with Crippen molar-refractivity contribution in [3.8, 4) is 39.2 Å². The van der Waals surface area contributed by atoms with Gasteiger partial charge in [-0.3, -0.25) is 4.98 Å². The fourth-order valence-corrected chi connectivity index (χ4v) is 3.46. The number of fused-ring (bicyclic) bond motifs is 1. The molecule has 9 heteroatoms. The standard InChI is InChI=1S/C17H15N5O3S/c1-23-12-8-11(9-13(24-2)14(12)25-3)15-19-20-17-22(15)21-16(26-17)10-4-6-18-7-5-10/h4-9H,1-3H3. The zero-order valence-corrected chi connectivity index (χ0v) is 15.1. The van der Waals surface area contributed by atoms with Crippen LogP contribution in [0, 0.1) is 0 Å². The maximum atomic E-state index is 5.42. The van der Waals surface area contributed by atoms with E-state index in [9.17, 15) is 0 Å². The highest BCUT2D eigenvalue weighted by molar-refractivity contribution is 7.19. The van der Waals surface area contributed by atoms with Crippen molar-refractivity contribution in [3.05, 3.63) is 36.7 Å². The van der Waals surface area contributed by atoms with Crippen molar-refractivity contribution < 1.29 is 14.2 Å². The largest absolute Gasteiger partial charge is 0.493 e. The number of rotatable bonds is 5. The lowest BCUT2D eigenvalue weighted by Crippen LogP contribution is -1.97. The summed E-state index contributed by atoms with van der Waals surface area (Å²) in [5.41, 5.74) is 1.74. The molecule has 0 unspecified atom stereocenters. The molecule has 0 atom stereocenters. The number of hydrogen-bond donors (Lipinski definition) is 0. The Morgan fingerprint density at radius 1 is 0.885 bits per heavy atom. The van der Waals surface area contributed by atoms with Gasteiger partial charge in [-0.1, -0.05) is 11.3 Å². The summed E-state index contributed by atoms with van der Waals surface area (Å²) < 4.78 is 17.9. The van der Waals surface area contributed by atoms with Gasteiger partial charge in [0.15, 0.2) is 17.3 Å². The molecular weight excluding hydrogens is 354 g/mol. The molecule has 0 radical (unpaired) electrons. The molecular formula is C17H15N5O3S. The summed E-state index contributed by atoms with van der Waals surface area (Å²) in [7, 11) is 4.71. The molecule has 132 valence electrons. The normalized spacial score (nSPS) is 10.9. The van der Waals surface area contributed by atoms with Crippen molar-refractivity contribution in [2.75, 3.05) is 21.3 Å². The first-order chi connectivity index (χ1) is 12.7. The maximum absolute atomic E-state index is 5.42. The van der Waals surface area contributed by atoms with Crippen LogP contribution in [0.4, 0.5) is 0 Å². The zero-order chi connectivity index (χ0) is 18.1. The highest BCUT2D eigenvalue weighted by atomic mass is 32.1. The van der Waals surface area contributed by atoms with Crippen molar-refractivity contribution in [1.29, 1.82) is 0 Å². The van der Waals surface area contributed by atoms with Gasteiger partial charge in [0.2, 0.25) is 10.7 Å². The Balaban J connectivity index is 1.86. The molecule has 0 aliphatic heterocycles. The highest BCUT2D eigenvalue weighted by Gasteiger charge is 2.19. The minimum absolute atomic E-state index is 0.523. The molecule has 4 rings (SSSR count). The van der Waals surface area contributed by atoms with Crippen molar-refractivity contribution in [3.63, 3.8) is 0 Å². The second-order valence-corrected chi connectivity index (χ2v) is 6.23. The van der Waals surface area contributed by atoms with Crippen LogP contribution in [0.3, 0.4) is 0 Å². The van der Waals surface area contributed by atoms with Gasteiger partial charge in [0.25, 0.3) is 0 Å². The second-order valence-electron chi connectivity index (χ2n) is 5.28. The monoisotopic (exact) mass is 369 g/mol. The minimum atomic E-state index is 0.523.